The monoisotopic (exact) mass is 654 g/mol. The number of nitrogens with zero attached hydrogens (tertiary/aromatic N) is 2. The van der Waals surface area contributed by atoms with Crippen molar-refractivity contribution in [1.29, 1.82) is 0 Å². The first-order valence-corrected chi connectivity index (χ1v) is 17.1. The van der Waals surface area contributed by atoms with E-state index in [0.717, 1.165) is 61.0 Å². The van der Waals surface area contributed by atoms with Crippen LogP contribution in [0.25, 0.3) is 77.5 Å². The van der Waals surface area contributed by atoms with Crippen LogP contribution in [0.15, 0.2) is 191 Å². The number of oxazole rings is 1. The lowest BCUT2D eigenvalue weighted by Crippen LogP contribution is -2.11. The van der Waals surface area contributed by atoms with Crippen molar-refractivity contribution in [2.24, 2.45) is 0 Å². The first-order chi connectivity index (χ1) is 25.3. The third-order valence-corrected chi connectivity index (χ3v) is 9.71. The predicted molar refractivity (Wildman–Crippen MR) is 210 cm³/mol. The number of aromatic nitrogens is 1. The number of anilines is 3. The van der Waals surface area contributed by atoms with Gasteiger partial charge in [-0.1, -0.05) is 140 Å². The summed E-state index contributed by atoms with van der Waals surface area (Å²) in [5.41, 5.74) is 11.5. The summed E-state index contributed by atoms with van der Waals surface area (Å²) >= 11 is 0. The summed E-state index contributed by atoms with van der Waals surface area (Å²) in [7, 11) is 0. The van der Waals surface area contributed by atoms with Crippen LogP contribution in [0.3, 0.4) is 0 Å². The van der Waals surface area contributed by atoms with E-state index in [1.165, 1.54) is 22.1 Å². The second-order valence-corrected chi connectivity index (χ2v) is 12.7. The van der Waals surface area contributed by atoms with E-state index in [0.29, 0.717) is 11.5 Å². The summed E-state index contributed by atoms with van der Waals surface area (Å²) in [6.45, 7) is 0. The molecule has 8 aromatic carbocycles. The van der Waals surface area contributed by atoms with E-state index in [1.54, 1.807) is 0 Å². The number of rotatable bonds is 6. The van der Waals surface area contributed by atoms with E-state index < -0.39 is 0 Å². The first-order valence-electron chi connectivity index (χ1n) is 17.1. The predicted octanol–water partition coefficient (Wildman–Crippen LogP) is 13.4. The molecule has 0 radical (unpaired) electrons. The van der Waals surface area contributed by atoms with Gasteiger partial charge in [0.2, 0.25) is 5.89 Å². The van der Waals surface area contributed by atoms with Crippen molar-refractivity contribution in [1.82, 2.24) is 4.98 Å². The Labute approximate surface area is 294 Å². The molecule has 0 atom stereocenters. The summed E-state index contributed by atoms with van der Waals surface area (Å²) in [6.07, 6.45) is 0. The van der Waals surface area contributed by atoms with E-state index in [9.17, 15) is 0 Å². The number of furan rings is 1. The van der Waals surface area contributed by atoms with E-state index >= 15 is 0 Å². The lowest BCUT2D eigenvalue weighted by molar-refractivity contribution is 0.622. The number of hydrogen-bond donors (Lipinski definition) is 0. The van der Waals surface area contributed by atoms with Gasteiger partial charge in [-0.3, -0.25) is 0 Å². The fourth-order valence-electron chi connectivity index (χ4n) is 7.32. The molecule has 51 heavy (non-hydrogen) atoms. The highest BCUT2D eigenvalue weighted by Crippen LogP contribution is 2.48. The van der Waals surface area contributed by atoms with Crippen LogP contribution in [0, 0.1) is 0 Å². The van der Waals surface area contributed by atoms with Crippen molar-refractivity contribution in [3.05, 3.63) is 182 Å². The van der Waals surface area contributed by atoms with Crippen LogP contribution in [0.1, 0.15) is 0 Å². The minimum atomic E-state index is 0.563. The highest BCUT2D eigenvalue weighted by molar-refractivity contribution is 6.20. The van der Waals surface area contributed by atoms with Gasteiger partial charge in [-0.15, -0.1) is 0 Å². The maximum absolute atomic E-state index is 6.74. The van der Waals surface area contributed by atoms with Crippen molar-refractivity contribution in [2.45, 2.75) is 0 Å². The van der Waals surface area contributed by atoms with Crippen molar-refractivity contribution >= 4 is 60.9 Å². The molecule has 240 valence electrons. The van der Waals surface area contributed by atoms with Gasteiger partial charge < -0.3 is 13.7 Å². The molecule has 2 aromatic heterocycles. The van der Waals surface area contributed by atoms with Gasteiger partial charge in [-0.2, -0.15) is 0 Å². The van der Waals surface area contributed by atoms with E-state index in [1.807, 2.05) is 54.6 Å². The molecule has 0 saturated carbocycles. The molecule has 0 aliphatic carbocycles. The van der Waals surface area contributed by atoms with Gasteiger partial charge in [0.05, 0.1) is 16.8 Å². The highest BCUT2D eigenvalue weighted by Gasteiger charge is 2.26. The van der Waals surface area contributed by atoms with E-state index in [-0.39, 0.29) is 0 Å². The van der Waals surface area contributed by atoms with Gasteiger partial charge in [-0.25, -0.2) is 4.98 Å². The van der Waals surface area contributed by atoms with Crippen LogP contribution in [0.5, 0.6) is 0 Å². The maximum atomic E-state index is 6.74. The minimum Gasteiger partial charge on any atom is -0.456 e. The SMILES string of the molecule is c1ccc(-c2ccc(N(c3ccc(-c4ccccc4)c4ccccc34)c3cc4oc5ccccc5c4c4oc(-c5ccccc5)nc34)cc2)cc1. The third kappa shape index (κ3) is 4.88. The lowest BCUT2D eigenvalue weighted by atomic mass is 9.96. The van der Waals surface area contributed by atoms with Crippen molar-refractivity contribution in [3.63, 3.8) is 0 Å². The second kappa shape index (κ2) is 11.9. The van der Waals surface area contributed by atoms with Gasteiger partial charge in [0.1, 0.15) is 16.7 Å². The van der Waals surface area contributed by atoms with E-state index in [4.69, 9.17) is 13.8 Å². The summed E-state index contributed by atoms with van der Waals surface area (Å²) in [5.74, 6) is 0.563. The zero-order chi connectivity index (χ0) is 33.7. The van der Waals surface area contributed by atoms with Crippen LogP contribution in [0.4, 0.5) is 17.1 Å². The molecule has 0 fully saturated rings. The zero-order valence-corrected chi connectivity index (χ0v) is 27.5. The molecular formula is C47H30N2O2. The number of benzene rings is 8. The molecule has 0 saturated heterocycles. The Hall–Kier alpha value is -6.91. The third-order valence-electron chi connectivity index (χ3n) is 9.71. The topological polar surface area (TPSA) is 42.4 Å². The molecule has 10 aromatic rings. The van der Waals surface area contributed by atoms with Crippen LogP contribution in [-0.2, 0) is 0 Å². The molecule has 4 heteroatoms. The van der Waals surface area contributed by atoms with Gasteiger partial charge in [0.25, 0.3) is 0 Å². The molecule has 0 spiro atoms. The Morgan fingerprint density at radius 2 is 1.00 bits per heavy atom. The molecular weight excluding hydrogens is 625 g/mol. The molecule has 0 amide bonds. The van der Waals surface area contributed by atoms with Crippen molar-refractivity contribution < 1.29 is 8.83 Å². The average Bonchev–Trinajstić information content (AvgIpc) is 3.82. The molecule has 0 bridgehead atoms. The molecule has 4 nitrogen and oxygen atoms in total. The van der Waals surface area contributed by atoms with Crippen LogP contribution in [0.2, 0.25) is 0 Å². The van der Waals surface area contributed by atoms with Gasteiger partial charge in [0.15, 0.2) is 5.58 Å². The summed E-state index contributed by atoms with van der Waals surface area (Å²) in [6, 6.07) is 63.2. The van der Waals surface area contributed by atoms with E-state index in [2.05, 4.69) is 132 Å². The zero-order valence-electron chi connectivity index (χ0n) is 27.5. The fourth-order valence-corrected chi connectivity index (χ4v) is 7.32. The van der Waals surface area contributed by atoms with Crippen molar-refractivity contribution in [2.75, 3.05) is 4.90 Å². The minimum absolute atomic E-state index is 0.563. The van der Waals surface area contributed by atoms with Crippen LogP contribution in [-0.4, -0.2) is 4.98 Å². The number of para-hydroxylation sites is 1. The van der Waals surface area contributed by atoms with Gasteiger partial charge >= 0.3 is 0 Å². The largest absolute Gasteiger partial charge is 0.456 e. The standard InChI is InChI=1S/C47H30N2O2/c1-4-14-31(15-5-1)32-24-26-35(27-25-32)49(40-29-28-36(33-16-6-2-7-17-33)37-20-10-11-21-38(37)40)41-30-43-44(39-22-12-13-23-42(39)50-43)46-45(41)48-47(51-46)34-18-8-3-9-19-34/h1-30H. The quantitative estimate of drug-likeness (QED) is 0.179. The smallest absolute Gasteiger partial charge is 0.227 e. The Balaban J connectivity index is 1.28. The Morgan fingerprint density at radius 1 is 0.412 bits per heavy atom. The average molecular weight is 655 g/mol. The van der Waals surface area contributed by atoms with Gasteiger partial charge in [0, 0.05) is 28.1 Å². The van der Waals surface area contributed by atoms with Crippen molar-refractivity contribution in [3.8, 4) is 33.7 Å². The lowest BCUT2D eigenvalue weighted by Gasteiger charge is -2.28. The summed E-state index contributed by atoms with van der Waals surface area (Å²) in [4.78, 5) is 7.56. The molecule has 0 unspecified atom stereocenters. The van der Waals surface area contributed by atoms with Crippen LogP contribution >= 0.6 is 0 Å². The Morgan fingerprint density at radius 3 is 1.73 bits per heavy atom. The molecule has 0 aliphatic heterocycles. The summed E-state index contributed by atoms with van der Waals surface area (Å²) < 4.78 is 13.3. The molecule has 0 N–H and O–H groups in total. The highest BCUT2D eigenvalue weighted by atomic mass is 16.4. The normalized spacial score (nSPS) is 11.5. The Bertz CT molecular complexity index is 2840. The van der Waals surface area contributed by atoms with Crippen LogP contribution < -0.4 is 4.90 Å². The molecule has 0 aliphatic rings. The fraction of sp³-hybridized carbons (Fsp3) is 0. The first kappa shape index (κ1) is 29.0. The maximum Gasteiger partial charge on any atom is 0.227 e. The summed E-state index contributed by atoms with van der Waals surface area (Å²) in [5, 5.41) is 4.20. The molecule has 2 heterocycles. The Kier molecular flexibility index (Phi) is 6.78. The number of hydrogen-bond acceptors (Lipinski definition) is 4. The second-order valence-electron chi connectivity index (χ2n) is 12.7. The molecule has 10 rings (SSSR count). The van der Waals surface area contributed by atoms with Gasteiger partial charge in [-0.05, 0) is 64.0 Å². The number of fused-ring (bicyclic) bond motifs is 6.